The molecule has 0 spiro atoms. The Morgan fingerprint density at radius 1 is 1.15 bits per heavy atom. The Morgan fingerprint density at radius 2 is 1.85 bits per heavy atom. The molecular formula is C19H25N3O4. The molecule has 0 fully saturated rings. The van der Waals surface area contributed by atoms with Crippen molar-refractivity contribution >= 4 is 28.7 Å². The van der Waals surface area contributed by atoms with Crippen LogP contribution in [0, 0.1) is 0 Å². The summed E-state index contributed by atoms with van der Waals surface area (Å²) in [4.78, 5) is 39.3. The van der Waals surface area contributed by atoms with Crippen LogP contribution in [0.2, 0.25) is 0 Å². The molecule has 2 rings (SSSR count). The molecule has 7 heteroatoms. The monoisotopic (exact) mass is 359 g/mol. The molecule has 0 aliphatic heterocycles. The molecule has 26 heavy (non-hydrogen) atoms. The minimum absolute atomic E-state index is 0.267. The van der Waals surface area contributed by atoms with Gasteiger partial charge in [0.15, 0.2) is 0 Å². The highest BCUT2D eigenvalue weighted by molar-refractivity contribution is 5.98. The predicted molar refractivity (Wildman–Crippen MR) is 98.5 cm³/mol. The lowest BCUT2D eigenvalue weighted by Gasteiger charge is -2.21. The largest absolute Gasteiger partial charge is 0.467 e. The summed E-state index contributed by atoms with van der Waals surface area (Å²) in [6, 6.07) is 6.82. The predicted octanol–water partition coefficient (Wildman–Crippen LogP) is 1.67. The fraction of sp³-hybridized carbons (Fsp3) is 0.421. The molecule has 1 atom stereocenters. The maximum absolute atomic E-state index is 12.2. The molecule has 140 valence electrons. The number of carbonyl (C=O) groups is 3. The highest BCUT2D eigenvalue weighted by atomic mass is 16.5. The van der Waals surface area contributed by atoms with Crippen molar-refractivity contribution in [1.82, 2.24) is 15.6 Å². The minimum Gasteiger partial charge on any atom is -0.467 e. The van der Waals surface area contributed by atoms with Crippen molar-refractivity contribution in [2.75, 3.05) is 7.11 Å². The first-order valence-corrected chi connectivity index (χ1v) is 8.43. The van der Waals surface area contributed by atoms with Crippen LogP contribution in [0.25, 0.3) is 10.9 Å². The number of H-pyrrole nitrogens is 1. The van der Waals surface area contributed by atoms with Crippen molar-refractivity contribution in [2.24, 2.45) is 0 Å². The van der Waals surface area contributed by atoms with E-state index < -0.39 is 29.4 Å². The van der Waals surface area contributed by atoms with Crippen molar-refractivity contribution < 1.29 is 19.1 Å². The van der Waals surface area contributed by atoms with E-state index in [1.807, 2.05) is 45.0 Å². The Hall–Kier alpha value is -2.83. The standard InChI is InChI=1S/C19H25N3O4/c1-19(2,3)22-17(24)10-16(23)21-15(18(25)26-4)9-12-11-20-14-8-6-5-7-13(12)14/h5-8,11,15,20H,9-10H2,1-4H3,(H,21,23)(H,22,24)/t15-/m1/s1. The molecule has 0 saturated carbocycles. The number of carbonyl (C=O) groups excluding carboxylic acids is 3. The zero-order valence-electron chi connectivity index (χ0n) is 15.5. The van der Waals surface area contributed by atoms with Crippen molar-refractivity contribution in [3.63, 3.8) is 0 Å². The van der Waals surface area contributed by atoms with Crippen LogP contribution in [-0.4, -0.2) is 41.5 Å². The van der Waals surface area contributed by atoms with E-state index in [2.05, 4.69) is 15.6 Å². The van der Waals surface area contributed by atoms with Gasteiger partial charge in [-0.05, 0) is 32.4 Å². The van der Waals surface area contributed by atoms with E-state index in [0.29, 0.717) is 0 Å². The van der Waals surface area contributed by atoms with Gasteiger partial charge in [-0.25, -0.2) is 4.79 Å². The van der Waals surface area contributed by atoms with E-state index in [-0.39, 0.29) is 12.8 Å². The Kier molecular flexibility index (Phi) is 6.02. The number of aromatic nitrogens is 1. The number of fused-ring (bicyclic) bond motifs is 1. The summed E-state index contributed by atoms with van der Waals surface area (Å²) in [6.45, 7) is 5.49. The SMILES string of the molecule is COC(=O)[C@@H](Cc1c[nH]c2ccccc12)NC(=O)CC(=O)NC(C)(C)C. The lowest BCUT2D eigenvalue weighted by Crippen LogP contribution is -2.46. The molecule has 1 aromatic heterocycles. The van der Waals surface area contributed by atoms with Crippen LogP contribution in [0.5, 0.6) is 0 Å². The molecule has 1 heterocycles. The van der Waals surface area contributed by atoms with Crippen molar-refractivity contribution in [1.29, 1.82) is 0 Å². The summed E-state index contributed by atoms with van der Waals surface area (Å²) in [7, 11) is 1.27. The molecule has 3 N–H and O–H groups in total. The maximum atomic E-state index is 12.2. The number of ether oxygens (including phenoxy) is 1. The van der Waals surface area contributed by atoms with E-state index in [4.69, 9.17) is 4.74 Å². The number of methoxy groups -OCH3 is 1. The zero-order valence-corrected chi connectivity index (χ0v) is 15.5. The smallest absolute Gasteiger partial charge is 0.328 e. The molecule has 0 radical (unpaired) electrons. The number of nitrogens with one attached hydrogen (secondary N) is 3. The van der Waals surface area contributed by atoms with Crippen LogP contribution in [0.15, 0.2) is 30.5 Å². The number of amides is 2. The second-order valence-electron chi connectivity index (χ2n) is 7.18. The maximum Gasteiger partial charge on any atom is 0.328 e. The molecule has 0 aliphatic rings. The summed E-state index contributed by atoms with van der Waals surface area (Å²) < 4.78 is 4.80. The lowest BCUT2D eigenvalue weighted by atomic mass is 10.0. The Labute approximate surface area is 152 Å². The Balaban J connectivity index is 2.07. The van der Waals surface area contributed by atoms with Gasteiger partial charge in [-0.3, -0.25) is 9.59 Å². The second kappa shape index (κ2) is 8.03. The number of benzene rings is 1. The highest BCUT2D eigenvalue weighted by Crippen LogP contribution is 2.19. The van der Waals surface area contributed by atoms with Gasteiger partial charge in [0, 0.05) is 29.1 Å². The fourth-order valence-electron chi connectivity index (χ4n) is 2.71. The van der Waals surface area contributed by atoms with Gasteiger partial charge in [-0.15, -0.1) is 0 Å². The van der Waals surface area contributed by atoms with Crippen LogP contribution >= 0.6 is 0 Å². The van der Waals surface area contributed by atoms with Gasteiger partial charge in [0.2, 0.25) is 11.8 Å². The van der Waals surface area contributed by atoms with E-state index >= 15 is 0 Å². The topological polar surface area (TPSA) is 100 Å². The van der Waals surface area contributed by atoms with Crippen molar-refractivity contribution in [3.8, 4) is 0 Å². The molecule has 2 aromatic rings. The average molecular weight is 359 g/mol. The van der Waals surface area contributed by atoms with Gasteiger partial charge in [-0.1, -0.05) is 18.2 Å². The summed E-state index contributed by atoms with van der Waals surface area (Å²) in [5.41, 5.74) is 1.40. The van der Waals surface area contributed by atoms with Gasteiger partial charge in [0.05, 0.1) is 7.11 Å². The fourth-order valence-corrected chi connectivity index (χ4v) is 2.71. The third kappa shape index (κ3) is 5.34. The minimum atomic E-state index is -0.867. The van der Waals surface area contributed by atoms with Gasteiger partial charge in [0.1, 0.15) is 12.5 Å². The number of rotatable bonds is 6. The summed E-state index contributed by atoms with van der Waals surface area (Å²) in [6.07, 6.45) is 1.72. The zero-order chi connectivity index (χ0) is 19.3. The third-order valence-electron chi connectivity index (χ3n) is 3.76. The van der Waals surface area contributed by atoms with Crippen LogP contribution < -0.4 is 10.6 Å². The number of aromatic amines is 1. The lowest BCUT2D eigenvalue weighted by molar-refractivity contribution is -0.145. The molecule has 0 unspecified atom stereocenters. The van der Waals surface area contributed by atoms with Crippen LogP contribution in [0.4, 0.5) is 0 Å². The molecule has 0 aliphatic carbocycles. The first-order chi connectivity index (χ1) is 12.2. The van der Waals surface area contributed by atoms with Gasteiger partial charge in [0.25, 0.3) is 0 Å². The van der Waals surface area contributed by atoms with E-state index in [0.717, 1.165) is 16.5 Å². The molecule has 0 saturated heterocycles. The number of esters is 1. The van der Waals surface area contributed by atoms with Crippen LogP contribution in [-0.2, 0) is 25.5 Å². The number of hydrogen-bond donors (Lipinski definition) is 3. The average Bonchev–Trinajstić information content (AvgIpc) is 2.94. The van der Waals surface area contributed by atoms with Crippen molar-refractivity contribution in [2.45, 2.75) is 45.2 Å². The molecule has 2 amide bonds. The number of para-hydroxylation sites is 1. The van der Waals surface area contributed by atoms with Gasteiger partial charge < -0.3 is 20.4 Å². The molecular weight excluding hydrogens is 334 g/mol. The van der Waals surface area contributed by atoms with Crippen molar-refractivity contribution in [3.05, 3.63) is 36.0 Å². The molecule has 7 nitrogen and oxygen atoms in total. The Morgan fingerprint density at radius 3 is 2.50 bits per heavy atom. The van der Waals surface area contributed by atoms with Gasteiger partial charge in [-0.2, -0.15) is 0 Å². The van der Waals surface area contributed by atoms with E-state index in [1.54, 1.807) is 6.20 Å². The first kappa shape index (κ1) is 19.5. The van der Waals surface area contributed by atoms with Crippen LogP contribution in [0.1, 0.15) is 32.8 Å². The van der Waals surface area contributed by atoms with E-state index in [9.17, 15) is 14.4 Å². The highest BCUT2D eigenvalue weighted by Gasteiger charge is 2.25. The normalized spacial score (nSPS) is 12.5. The van der Waals surface area contributed by atoms with Crippen LogP contribution in [0.3, 0.4) is 0 Å². The third-order valence-corrected chi connectivity index (χ3v) is 3.76. The first-order valence-electron chi connectivity index (χ1n) is 8.43. The summed E-state index contributed by atoms with van der Waals surface area (Å²) in [5.74, 6) is -1.48. The Bertz CT molecular complexity index is 804. The van der Waals surface area contributed by atoms with Gasteiger partial charge >= 0.3 is 5.97 Å². The number of hydrogen-bond acceptors (Lipinski definition) is 4. The second-order valence-corrected chi connectivity index (χ2v) is 7.18. The quantitative estimate of drug-likeness (QED) is 0.539. The summed E-state index contributed by atoms with van der Waals surface area (Å²) >= 11 is 0. The van der Waals surface area contributed by atoms with E-state index in [1.165, 1.54) is 7.11 Å². The summed E-state index contributed by atoms with van der Waals surface area (Å²) in [5, 5.41) is 6.29. The molecule has 1 aromatic carbocycles. The molecule has 0 bridgehead atoms.